The van der Waals surface area contributed by atoms with Crippen molar-refractivity contribution in [1.29, 1.82) is 0 Å². The Morgan fingerprint density at radius 2 is 2.44 bits per heavy atom. The molecule has 1 atom stereocenters. The van der Waals surface area contributed by atoms with Gasteiger partial charge in [0.2, 0.25) is 5.91 Å². The van der Waals surface area contributed by atoms with Crippen LogP contribution in [0.2, 0.25) is 0 Å². The third-order valence-electron chi connectivity index (χ3n) is 3.41. The van der Waals surface area contributed by atoms with E-state index in [9.17, 15) is 4.79 Å². The standard InChI is InChI=1S/C13H21N3OS/c1-3-7-16-8-5-4-6-11(16)13(17)15-12-10(2)18-9-14-12/h9,11H,3-8H2,1-2H3,(H,15,17)/t11-/m0/s1. The van der Waals surface area contributed by atoms with Gasteiger partial charge in [-0.25, -0.2) is 4.98 Å². The van der Waals surface area contributed by atoms with Crippen LogP contribution < -0.4 is 5.32 Å². The van der Waals surface area contributed by atoms with Gasteiger partial charge in [0.15, 0.2) is 0 Å². The molecule has 4 nitrogen and oxygen atoms in total. The summed E-state index contributed by atoms with van der Waals surface area (Å²) in [6.07, 6.45) is 4.42. The van der Waals surface area contributed by atoms with Gasteiger partial charge in [0.25, 0.3) is 0 Å². The Labute approximate surface area is 112 Å². The van der Waals surface area contributed by atoms with Crippen molar-refractivity contribution in [3.05, 3.63) is 10.4 Å². The van der Waals surface area contributed by atoms with Crippen molar-refractivity contribution in [3.8, 4) is 0 Å². The lowest BCUT2D eigenvalue weighted by atomic mass is 10.0. The number of aromatic nitrogens is 1. The predicted molar refractivity (Wildman–Crippen MR) is 75.0 cm³/mol. The van der Waals surface area contributed by atoms with Crippen LogP contribution >= 0.6 is 11.3 Å². The van der Waals surface area contributed by atoms with Gasteiger partial charge in [0.05, 0.1) is 11.6 Å². The van der Waals surface area contributed by atoms with Crippen LogP contribution in [0, 0.1) is 6.92 Å². The van der Waals surface area contributed by atoms with Crippen molar-refractivity contribution in [2.24, 2.45) is 0 Å². The SMILES string of the molecule is CCCN1CCCC[C@H]1C(=O)Nc1ncsc1C. The van der Waals surface area contributed by atoms with E-state index in [0.717, 1.165) is 43.0 Å². The minimum Gasteiger partial charge on any atom is -0.308 e. The molecule has 1 N–H and O–H groups in total. The average Bonchev–Trinajstić information content (AvgIpc) is 2.76. The molecular weight excluding hydrogens is 246 g/mol. The maximum atomic E-state index is 12.3. The lowest BCUT2D eigenvalue weighted by Gasteiger charge is -2.34. The van der Waals surface area contributed by atoms with Crippen molar-refractivity contribution in [2.45, 2.75) is 45.6 Å². The number of hydrogen-bond donors (Lipinski definition) is 1. The van der Waals surface area contributed by atoms with Crippen molar-refractivity contribution < 1.29 is 4.79 Å². The molecule has 0 spiro atoms. The highest BCUT2D eigenvalue weighted by molar-refractivity contribution is 7.10. The number of likely N-dealkylation sites (tertiary alicyclic amines) is 1. The maximum absolute atomic E-state index is 12.3. The van der Waals surface area contributed by atoms with Crippen LogP contribution in [-0.2, 0) is 4.79 Å². The number of thiazole rings is 1. The number of carbonyl (C=O) groups excluding carboxylic acids is 1. The van der Waals surface area contributed by atoms with E-state index in [-0.39, 0.29) is 11.9 Å². The van der Waals surface area contributed by atoms with Crippen LogP contribution in [0.25, 0.3) is 0 Å². The van der Waals surface area contributed by atoms with Crippen molar-refractivity contribution in [2.75, 3.05) is 18.4 Å². The zero-order chi connectivity index (χ0) is 13.0. The quantitative estimate of drug-likeness (QED) is 0.912. The number of hydrogen-bond acceptors (Lipinski definition) is 4. The summed E-state index contributed by atoms with van der Waals surface area (Å²) in [5, 5.41) is 2.97. The molecule has 0 unspecified atom stereocenters. The Kier molecular flexibility index (Phi) is 4.72. The molecule has 1 aromatic rings. The van der Waals surface area contributed by atoms with Gasteiger partial charge < -0.3 is 5.32 Å². The number of carbonyl (C=O) groups is 1. The molecule has 0 radical (unpaired) electrons. The highest BCUT2D eigenvalue weighted by Gasteiger charge is 2.28. The van der Waals surface area contributed by atoms with Crippen molar-refractivity contribution in [1.82, 2.24) is 9.88 Å². The Morgan fingerprint density at radius 1 is 1.61 bits per heavy atom. The third kappa shape index (κ3) is 3.09. The lowest BCUT2D eigenvalue weighted by Crippen LogP contribution is -2.47. The van der Waals surface area contributed by atoms with E-state index in [1.54, 1.807) is 16.8 Å². The van der Waals surface area contributed by atoms with E-state index in [1.165, 1.54) is 6.42 Å². The zero-order valence-corrected chi connectivity index (χ0v) is 11.9. The van der Waals surface area contributed by atoms with Crippen molar-refractivity contribution >= 4 is 23.1 Å². The molecule has 1 saturated heterocycles. The predicted octanol–water partition coefficient (Wildman–Crippen LogP) is 2.65. The molecule has 1 aromatic heterocycles. The summed E-state index contributed by atoms with van der Waals surface area (Å²) in [6.45, 7) is 6.20. The monoisotopic (exact) mass is 267 g/mol. The number of nitrogens with one attached hydrogen (secondary N) is 1. The minimum absolute atomic E-state index is 0.0276. The topological polar surface area (TPSA) is 45.2 Å². The Balaban J connectivity index is 2.00. The minimum atomic E-state index is 0.0276. The summed E-state index contributed by atoms with van der Waals surface area (Å²) < 4.78 is 0. The second kappa shape index (κ2) is 6.29. The van der Waals surface area contributed by atoms with Gasteiger partial charge in [-0.05, 0) is 39.3 Å². The highest BCUT2D eigenvalue weighted by atomic mass is 32.1. The molecular formula is C13H21N3OS. The van der Waals surface area contributed by atoms with Gasteiger partial charge in [0, 0.05) is 4.88 Å². The summed E-state index contributed by atoms with van der Waals surface area (Å²) in [5.74, 6) is 0.837. The molecule has 0 bridgehead atoms. The van der Waals surface area contributed by atoms with E-state index < -0.39 is 0 Å². The summed E-state index contributed by atoms with van der Waals surface area (Å²) in [5.41, 5.74) is 1.77. The van der Waals surface area contributed by atoms with Crippen LogP contribution in [0.1, 0.15) is 37.5 Å². The van der Waals surface area contributed by atoms with E-state index in [0.29, 0.717) is 0 Å². The smallest absolute Gasteiger partial charge is 0.242 e. The van der Waals surface area contributed by atoms with E-state index in [4.69, 9.17) is 0 Å². The van der Waals surface area contributed by atoms with Crippen LogP contribution in [0.4, 0.5) is 5.82 Å². The zero-order valence-electron chi connectivity index (χ0n) is 11.1. The van der Waals surface area contributed by atoms with Crippen LogP contribution in [-0.4, -0.2) is 34.9 Å². The van der Waals surface area contributed by atoms with Gasteiger partial charge in [-0.2, -0.15) is 0 Å². The Hall–Kier alpha value is -0.940. The molecule has 1 amide bonds. The summed E-state index contributed by atoms with van der Waals surface area (Å²) in [4.78, 5) is 19.9. The first kappa shape index (κ1) is 13.5. The van der Waals surface area contributed by atoms with E-state index in [2.05, 4.69) is 22.1 Å². The molecule has 0 aromatic carbocycles. The molecule has 1 aliphatic rings. The highest BCUT2D eigenvalue weighted by Crippen LogP contribution is 2.21. The molecule has 0 aliphatic carbocycles. The van der Waals surface area contributed by atoms with Crippen LogP contribution in [0.3, 0.4) is 0 Å². The fourth-order valence-corrected chi connectivity index (χ4v) is 3.00. The number of anilines is 1. The normalized spacial score (nSPS) is 20.9. The first-order valence-electron chi connectivity index (χ1n) is 6.67. The molecule has 1 aliphatic heterocycles. The number of rotatable bonds is 4. The van der Waals surface area contributed by atoms with Crippen LogP contribution in [0.15, 0.2) is 5.51 Å². The second-order valence-corrected chi connectivity index (χ2v) is 5.85. The average molecular weight is 267 g/mol. The van der Waals surface area contributed by atoms with Gasteiger partial charge in [-0.15, -0.1) is 11.3 Å². The van der Waals surface area contributed by atoms with Gasteiger partial charge in [-0.1, -0.05) is 13.3 Å². The van der Waals surface area contributed by atoms with Gasteiger partial charge in [-0.3, -0.25) is 9.69 Å². The summed E-state index contributed by atoms with van der Waals surface area (Å²) in [7, 11) is 0. The Bertz CT molecular complexity index is 403. The summed E-state index contributed by atoms with van der Waals surface area (Å²) in [6, 6.07) is 0.0276. The molecule has 1 fully saturated rings. The maximum Gasteiger partial charge on any atom is 0.242 e. The number of nitrogens with zero attached hydrogens (tertiary/aromatic N) is 2. The van der Waals surface area contributed by atoms with Gasteiger partial charge in [0.1, 0.15) is 5.82 Å². The van der Waals surface area contributed by atoms with E-state index >= 15 is 0 Å². The molecule has 5 heteroatoms. The fourth-order valence-electron chi connectivity index (χ4n) is 2.47. The first-order chi connectivity index (χ1) is 8.72. The molecule has 100 valence electrons. The molecule has 0 saturated carbocycles. The number of amides is 1. The number of aryl methyl sites for hydroxylation is 1. The largest absolute Gasteiger partial charge is 0.308 e. The molecule has 18 heavy (non-hydrogen) atoms. The molecule has 2 heterocycles. The third-order valence-corrected chi connectivity index (χ3v) is 4.17. The van der Waals surface area contributed by atoms with Gasteiger partial charge >= 0.3 is 0 Å². The Morgan fingerprint density at radius 3 is 3.11 bits per heavy atom. The number of piperidine rings is 1. The lowest BCUT2D eigenvalue weighted by molar-refractivity contribution is -0.122. The fraction of sp³-hybridized carbons (Fsp3) is 0.692. The molecule has 2 rings (SSSR count). The van der Waals surface area contributed by atoms with Crippen molar-refractivity contribution in [3.63, 3.8) is 0 Å². The summed E-state index contributed by atoms with van der Waals surface area (Å²) >= 11 is 1.56. The van der Waals surface area contributed by atoms with E-state index in [1.807, 2.05) is 6.92 Å². The van der Waals surface area contributed by atoms with Crippen LogP contribution in [0.5, 0.6) is 0 Å². The second-order valence-electron chi connectivity index (χ2n) is 4.79. The first-order valence-corrected chi connectivity index (χ1v) is 7.55.